The summed E-state index contributed by atoms with van der Waals surface area (Å²) in [5.41, 5.74) is 4.83. The van der Waals surface area contributed by atoms with Gasteiger partial charge < -0.3 is 4.74 Å². The van der Waals surface area contributed by atoms with Gasteiger partial charge in [0.25, 0.3) is 0 Å². The molecule has 0 aliphatic rings. The first-order valence-corrected chi connectivity index (χ1v) is 7.43. The third kappa shape index (κ3) is 3.00. The van der Waals surface area contributed by atoms with Crippen molar-refractivity contribution in [1.29, 1.82) is 0 Å². The Balaban J connectivity index is 2.33. The van der Waals surface area contributed by atoms with Gasteiger partial charge in [-0.2, -0.15) is 5.10 Å². The van der Waals surface area contributed by atoms with Gasteiger partial charge in [-0.1, -0.05) is 0 Å². The minimum Gasteiger partial charge on any atom is -0.493 e. The number of nitrogens with one attached hydrogen (secondary N) is 1. The Hall–Kier alpha value is -1.44. The van der Waals surface area contributed by atoms with Crippen molar-refractivity contribution in [3.63, 3.8) is 0 Å². The highest BCUT2D eigenvalue weighted by atomic mass is 32.1. The van der Waals surface area contributed by atoms with Crippen LogP contribution < -0.4 is 16.0 Å². The zero-order valence-corrected chi connectivity index (χ0v) is 13.1. The number of aryl methyl sites for hydroxylation is 1. The topological polar surface area (TPSA) is 78.0 Å². The van der Waals surface area contributed by atoms with Gasteiger partial charge in [0.15, 0.2) is 5.75 Å². The van der Waals surface area contributed by atoms with Gasteiger partial charge in [-0.05, 0) is 20.8 Å². The van der Waals surface area contributed by atoms with Crippen LogP contribution in [-0.4, -0.2) is 21.9 Å². The Labute approximate surface area is 122 Å². The van der Waals surface area contributed by atoms with E-state index < -0.39 is 0 Å². The van der Waals surface area contributed by atoms with Crippen molar-refractivity contribution in [3.8, 4) is 5.75 Å². The zero-order valence-electron chi connectivity index (χ0n) is 12.3. The molecule has 0 radical (unpaired) electrons. The molecular formula is C13H21N5OS. The molecule has 0 fully saturated rings. The van der Waals surface area contributed by atoms with Crippen molar-refractivity contribution in [2.45, 2.75) is 39.3 Å². The summed E-state index contributed by atoms with van der Waals surface area (Å²) < 4.78 is 7.34. The molecule has 0 aromatic carbocycles. The maximum atomic E-state index is 5.74. The smallest absolute Gasteiger partial charge is 0.161 e. The number of thiazole rings is 1. The third-order valence-electron chi connectivity index (χ3n) is 3.12. The molecule has 0 aliphatic carbocycles. The first kappa shape index (κ1) is 15.0. The normalized spacial score (nSPS) is 12.9. The number of aromatic nitrogens is 3. The van der Waals surface area contributed by atoms with Crippen LogP contribution in [0.15, 0.2) is 11.6 Å². The van der Waals surface area contributed by atoms with Crippen LogP contribution in [0.2, 0.25) is 0 Å². The van der Waals surface area contributed by atoms with E-state index >= 15 is 0 Å². The molecule has 1 atom stereocenters. The van der Waals surface area contributed by atoms with E-state index in [0.29, 0.717) is 6.42 Å². The Kier molecular flexibility index (Phi) is 4.74. The molecule has 0 saturated carbocycles. The largest absolute Gasteiger partial charge is 0.493 e. The molecule has 2 rings (SSSR count). The molecule has 0 amide bonds. The van der Waals surface area contributed by atoms with Gasteiger partial charge in [0.2, 0.25) is 0 Å². The number of nitrogens with zero attached hydrogens (tertiary/aromatic N) is 3. The lowest BCUT2D eigenvalue weighted by atomic mass is 10.1. The van der Waals surface area contributed by atoms with E-state index in [2.05, 4.69) is 34.7 Å². The maximum absolute atomic E-state index is 5.74. The number of ether oxygens (including phenoxy) is 1. The van der Waals surface area contributed by atoms with Crippen LogP contribution >= 0.6 is 11.3 Å². The number of rotatable bonds is 6. The van der Waals surface area contributed by atoms with Gasteiger partial charge in [-0.3, -0.25) is 16.0 Å². The van der Waals surface area contributed by atoms with E-state index in [9.17, 15) is 0 Å². The summed E-state index contributed by atoms with van der Waals surface area (Å²) in [5, 5.41) is 7.49. The highest BCUT2D eigenvalue weighted by Gasteiger charge is 2.23. The summed E-state index contributed by atoms with van der Waals surface area (Å²) >= 11 is 1.64. The lowest BCUT2D eigenvalue weighted by molar-refractivity contribution is 0.383. The van der Waals surface area contributed by atoms with E-state index in [4.69, 9.17) is 10.6 Å². The molecule has 6 nitrogen and oxygen atoms in total. The molecule has 0 spiro atoms. The Morgan fingerprint density at radius 3 is 2.75 bits per heavy atom. The second-order valence-corrected chi connectivity index (χ2v) is 5.98. The molecule has 110 valence electrons. The summed E-state index contributed by atoms with van der Waals surface area (Å²) in [4.78, 5) is 4.49. The van der Waals surface area contributed by atoms with E-state index in [1.165, 1.54) is 0 Å². The first-order chi connectivity index (χ1) is 9.56. The fraction of sp³-hybridized carbons (Fsp3) is 0.538. The van der Waals surface area contributed by atoms with Crippen LogP contribution in [0.4, 0.5) is 0 Å². The molecule has 2 aromatic rings. The highest BCUT2D eigenvalue weighted by Crippen LogP contribution is 2.29. The molecule has 3 N–H and O–H groups in total. The van der Waals surface area contributed by atoms with Crippen molar-refractivity contribution < 1.29 is 4.74 Å². The highest BCUT2D eigenvalue weighted by molar-refractivity contribution is 7.09. The molecule has 0 bridgehead atoms. The van der Waals surface area contributed by atoms with Crippen LogP contribution in [-0.2, 0) is 6.42 Å². The average molecular weight is 295 g/mol. The van der Waals surface area contributed by atoms with Crippen LogP contribution in [0.1, 0.15) is 42.3 Å². The lowest BCUT2D eigenvalue weighted by Crippen LogP contribution is -2.32. The summed E-state index contributed by atoms with van der Waals surface area (Å²) in [6, 6.07) is 0.151. The fourth-order valence-electron chi connectivity index (χ4n) is 2.20. The Bertz CT molecular complexity index is 563. The van der Waals surface area contributed by atoms with Gasteiger partial charge in [0.1, 0.15) is 0 Å². The lowest BCUT2D eigenvalue weighted by Gasteiger charge is -2.20. The predicted octanol–water partition coefficient (Wildman–Crippen LogP) is 1.98. The zero-order chi connectivity index (χ0) is 14.7. The van der Waals surface area contributed by atoms with Crippen LogP contribution in [0.5, 0.6) is 5.75 Å². The van der Waals surface area contributed by atoms with E-state index in [0.717, 1.165) is 22.1 Å². The van der Waals surface area contributed by atoms with Crippen molar-refractivity contribution in [1.82, 2.24) is 20.2 Å². The van der Waals surface area contributed by atoms with Gasteiger partial charge in [0, 0.05) is 17.8 Å². The van der Waals surface area contributed by atoms with Crippen LogP contribution in [0, 0.1) is 6.92 Å². The van der Waals surface area contributed by atoms with Crippen molar-refractivity contribution in [3.05, 3.63) is 28.0 Å². The molecular weight excluding hydrogens is 274 g/mol. The minimum atomic E-state index is -0.0867. The molecule has 0 aliphatic heterocycles. The Morgan fingerprint density at radius 2 is 2.25 bits per heavy atom. The number of methoxy groups -OCH3 is 1. The van der Waals surface area contributed by atoms with E-state index in [1.807, 2.05) is 11.6 Å². The van der Waals surface area contributed by atoms with Crippen molar-refractivity contribution >= 4 is 11.3 Å². The Morgan fingerprint density at radius 1 is 1.50 bits per heavy atom. The molecule has 1 unspecified atom stereocenters. The summed E-state index contributed by atoms with van der Waals surface area (Å²) in [6.45, 7) is 6.16. The molecule has 2 aromatic heterocycles. The fourth-order valence-corrected chi connectivity index (χ4v) is 2.83. The second-order valence-electron chi connectivity index (χ2n) is 4.92. The number of hydrogen-bond acceptors (Lipinski definition) is 6. The summed E-state index contributed by atoms with van der Waals surface area (Å²) in [6.07, 6.45) is 2.43. The third-order valence-corrected chi connectivity index (χ3v) is 3.94. The number of hydrazine groups is 1. The quantitative estimate of drug-likeness (QED) is 0.629. The summed E-state index contributed by atoms with van der Waals surface area (Å²) in [5.74, 6) is 6.48. The van der Waals surface area contributed by atoms with Crippen LogP contribution in [0.25, 0.3) is 0 Å². The van der Waals surface area contributed by atoms with Crippen LogP contribution in [0.3, 0.4) is 0 Å². The summed E-state index contributed by atoms with van der Waals surface area (Å²) in [7, 11) is 1.64. The monoisotopic (exact) mass is 295 g/mol. The second kappa shape index (κ2) is 6.34. The van der Waals surface area contributed by atoms with Gasteiger partial charge in [0.05, 0.1) is 35.7 Å². The molecule has 20 heavy (non-hydrogen) atoms. The van der Waals surface area contributed by atoms with Gasteiger partial charge in [-0.25, -0.2) is 4.98 Å². The minimum absolute atomic E-state index is 0.0867. The van der Waals surface area contributed by atoms with Gasteiger partial charge in [-0.15, -0.1) is 11.3 Å². The van der Waals surface area contributed by atoms with E-state index in [1.54, 1.807) is 24.6 Å². The predicted molar refractivity (Wildman–Crippen MR) is 79.8 cm³/mol. The van der Waals surface area contributed by atoms with Crippen molar-refractivity contribution in [2.24, 2.45) is 5.84 Å². The van der Waals surface area contributed by atoms with Crippen molar-refractivity contribution in [2.75, 3.05) is 7.11 Å². The first-order valence-electron chi connectivity index (χ1n) is 6.55. The maximum Gasteiger partial charge on any atom is 0.161 e. The van der Waals surface area contributed by atoms with E-state index in [-0.39, 0.29) is 12.1 Å². The number of hydrogen-bond donors (Lipinski definition) is 2. The van der Waals surface area contributed by atoms with Gasteiger partial charge >= 0.3 is 0 Å². The molecule has 7 heteroatoms. The molecule has 0 saturated heterocycles. The average Bonchev–Trinajstić information content (AvgIpc) is 3.01. The number of nitrogens with two attached hydrogens (primary N) is 1. The molecule has 2 heterocycles. The SMILES string of the molecule is COc1cnn(C(C)C)c1C(Cc1csc(C)n1)NN. The standard InChI is InChI=1S/C13H21N5OS/c1-8(2)18-13(12(19-4)6-15-18)11(17-14)5-10-7-20-9(3)16-10/h6-8,11,17H,5,14H2,1-4H3.